The van der Waals surface area contributed by atoms with Gasteiger partial charge in [0, 0.05) is 0 Å². The van der Waals surface area contributed by atoms with E-state index in [0.717, 1.165) is 18.2 Å². The standard InChI is InChI=1S/C8H10AsNO5.C2H5NO2/c1-5(11)10-7-4-6(9(13,14)15)2-3-8(7)12;3-1-2(4)5/h2-4,12H,1H3,(H,10,11)(H2,13,14,15);1,3H2,(H,4,5). The molecule has 112 valence electrons. The molecule has 1 aromatic rings. The number of hydrogen-bond donors (Lipinski definition) is 6. The van der Waals surface area contributed by atoms with Gasteiger partial charge in [-0.15, -0.1) is 0 Å². The normalized spacial score (nSPS) is 10.2. The summed E-state index contributed by atoms with van der Waals surface area (Å²) in [5.74, 6) is -1.64. The Balaban J connectivity index is 0.000000621. The van der Waals surface area contributed by atoms with Crippen molar-refractivity contribution in [3.63, 3.8) is 0 Å². The fraction of sp³-hybridized carbons (Fsp3) is 0.200. The van der Waals surface area contributed by atoms with Crippen molar-refractivity contribution in [1.29, 1.82) is 0 Å². The van der Waals surface area contributed by atoms with Crippen LogP contribution >= 0.6 is 0 Å². The minimum Gasteiger partial charge on any atom is -0.480 e. The first-order chi connectivity index (χ1) is 9.07. The van der Waals surface area contributed by atoms with Crippen LogP contribution in [0.5, 0.6) is 5.75 Å². The van der Waals surface area contributed by atoms with E-state index in [1.807, 2.05) is 0 Å². The van der Waals surface area contributed by atoms with Crippen molar-refractivity contribution in [2.45, 2.75) is 6.92 Å². The molecule has 0 atom stereocenters. The first-order valence-electron chi connectivity index (χ1n) is 5.16. The maximum Gasteiger partial charge on any atom is 0.317 e. The van der Waals surface area contributed by atoms with Gasteiger partial charge >= 0.3 is 94.1 Å². The van der Waals surface area contributed by atoms with Crippen molar-refractivity contribution < 1.29 is 31.7 Å². The zero-order valence-electron chi connectivity index (χ0n) is 10.5. The van der Waals surface area contributed by atoms with Crippen LogP contribution < -0.4 is 15.4 Å². The first kappa shape index (κ1) is 18.2. The number of rotatable bonds is 3. The molecule has 0 aliphatic rings. The number of phenolic OH excluding ortho intramolecular Hbond substituents is 1. The van der Waals surface area contributed by atoms with Gasteiger partial charge in [-0.3, -0.25) is 4.79 Å². The number of amides is 1. The van der Waals surface area contributed by atoms with Gasteiger partial charge in [-0.2, -0.15) is 0 Å². The second-order valence-corrected chi connectivity index (χ2v) is 6.89. The van der Waals surface area contributed by atoms with Gasteiger partial charge < -0.3 is 10.8 Å². The van der Waals surface area contributed by atoms with E-state index in [-0.39, 0.29) is 22.3 Å². The second-order valence-electron chi connectivity index (χ2n) is 3.52. The SMILES string of the molecule is CC(=O)Nc1cc([As](=O)(O)O)ccc1O.NCC(=O)O. The smallest absolute Gasteiger partial charge is 0.317 e. The minimum absolute atomic E-state index is 0.00951. The summed E-state index contributed by atoms with van der Waals surface area (Å²) in [6.07, 6.45) is 0. The van der Waals surface area contributed by atoms with Crippen molar-refractivity contribution >= 4 is 36.1 Å². The van der Waals surface area contributed by atoms with Crippen LogP contribution in [0.1, 0.15) is 6.92 Å². The van der Waals surface area contributed by atoms with E-state index in [1.54, 1.807) is 0 Å². The van der Waals surface area contributed by atoms with Crippen molar-refractivity contribution in [2.24, 2.45) is 5.73 Å². The number of phenols is 1. The van der Waals surface area contributed by atoms with Crippen LogP contribution in [0.2, 0.25) is 0 Å². The van der Waals surface area contributed by atoms with Crippen molar-refractivity contribution in [1.82, 2.24) is 0 Å². The summed E-state index contributed by atoms with van der Waals surface area (Å²) in [6, 6.07) is 3.32. The largest absolute Gasteiger partial charge is 0.480 e. The molecule has 10 heteroatoms. The molecule has 0 saturated carbocycles. The van der Waals surface area contributed by atoms with E-state index in [0.29, 0.717) is 0 Å². The molecule has 0 unspecified atom stereocenters. The van der Waals surface area contributed by atoms with Crippen LogP contribution in [0.3, 0.4) is 0 Å². The Morgan fingerprint density at radius 1 is 1.35 bits per heavy atom. The van der Waals surface area contributed by atoms with Gasteiger partial charge in [0.25, 0.3) is 0 Å². The summed E-state index contributed by atoms with van der Waals surface area (Å²) >= 11 is -4.98. The van der Waals surface area contributed by atoms with Crippen LogP contribution in [0.25, 0.3) is 0 Å². The van der Waals surface area contributed by atoms with Crippen LogP contribution in [-0.4, -0.2) is 51.0 Å². The molecule has 0 aromatic heterocycles. The molecule has 0 saturated heterocycles. The number of benzene rings is 1. The van der Waals surface area contributed by atoms with Crippen LogP contribution in [0.4, 0.5) is 5.69 Å². The Bertz CT molecular complexity index is 540. The molecule has 0 heterocycles. The van der Waals surface area contributed by atoms with E-state index in [1.165, 1.54) is 6.92 Å². The van der Waals surface area contributed by atoms with Crippen molar-refractivity contribution in [3.8, 4) is 5.75 Å². The van der Waals surface area contributed by atoms with Gasteiger partial charge in [0.05, 0.1) is 6.54 Å². The van der Waals surface area contributed by atoms with Gasteiger partial charge in [0.15, 0.2) is 0 Å². The molecule has 0 radical (unpaired) electrons. The maximum absolute atomic E-state index is 10.9. The number of aromatic hydroxyl groups is 1. The molecule has 0 fully saturated rings. The molecule has 0 aliphatic carbocycles. The maximum atomic E-state index is 10.9. The number of carbonyl (C=O) groups is 2. The second kappa shape index (κ2) is 7.71. The summed E-state index contributed by atoms with van der Waals surface area (Å²) in [5.41, 5.74) is 4.56. The van der Waals surface area contributed by atoms with E-state index < -0.39 is 26.0 Å². The molecule has 0 bridgehead atoms. The zero-order valence-corrected chi connectivity index (χ0v) is 12.4. The molecular weight excluding hydrogens is 335 g/mol. The number of anilines is 1. The molecule has 1 amide bonds. The predicted octanol–water partition coefficient (Wildman–Crippen LogP) is -2.06. The van der Waals surface area contributed by atoms with E-state index in [4.69, 9.17) is 13.3 Å². The Morgan fingerprint density at radius 3 is 2.20 bits per heavy atom. The fourth-order valence-corrected chi connectivity index (χ4v) is 2.18. The van der Waals surface area contributed by atoms with Gasteiger partial charge in [0.2, 0.25) is 0 Å². The van der Waals surface area contributed by atoms with E-state index in [9.17, 15) is 18.4 Å². The summed E-state index contributed by atoms with van der Waals surface area (Å²) in [4.78, 5) is 20.0. The number of carbonyl (C=O) groups excluding carboxylic acids is 1. The third-order valence-electron chi connectivity index (χ3n) is 1.80. The monoisotopic (exact) mass is 350 g/mol. The first-order valence-corrected chi connectivity index (χ1v) is 8.54. The number of hydrogen-bond acceptors (Lipinski definition) is 5. The van der Waals surface area contributed by atoms with Gasteiger partial charge in [-0.05, 0) is 0 Å². The number of aliphatic carboxylic acids is 1. The van der Waals surface area contributed by atoms with Gasteiger partial charge in [-0.25, -0.2) is 0 Å². The summed E-state index contributed by atoms with van der Waals surface area (Å²) in [5, 5.41) is 19.1. The topological polar surface area (TPSA) is 170 Å². The van der Waals surface area contributed by atoms with Crippen molar-refractivity contribution in [3.05, 3.63) is 18.2 Å². The van der Waals surface area contributed by atoms with E-state index >= 15 is 0 Å². The molecular formula is C10H15AsN2O7. The van der Waals surface area contributed by atoms with E-state index in [2.05, 4.69) is 11.1 Å². The van der Waals surface area contributed by atoms with Crippen LogP contribution in [0, 0.1) is 0 Å². The third-order valence-corrected chi connectivity index (χ3v) is 3.80. The molecule has 7 N–H and O–H groups in total. The fourth-order valence-electron chi connectivity index (χ4n) is 0.995. The zero-order chi connectivity index (χ0) is 15.9. The average molecular weight is 350 g/mol. The Hall–Kier alpha value is -1.80. The molecule has 1 aromatic carbocycles. The molecule has 1 rings (SSSR count). The predicted molar refractivity (Wildman–Crippen MR) is 69.6 cm³/mol. The number of nitrogens with one attached hydrogen (secondary N) is 1. The Morgan fingerprint density at radius 2 is 1.85 bits per heavy atom. The van der Waals surface area contributed by atoms with Gasteiger partial charge in [0.1, 0.15) is 0 Å². The van der Waals surface area contributed by atoms with Gasteiger partial charge in [-0.1, -0.05) is 0 Å². The van der Waals surface area contributed by atoms with Crippen molar-refractivity contribution in [2.75, 3.05) is 11.9 Å². The molecule has 20 heavy (non-hydrogen) atoms. The number of carboxylic acids is 1. The summed E-state index contributed by atoms with van der Waals surface area (Å²) < 4.78 is 28.6. The molecule has 0 aliphatic heterocycles. The number of nitrogens with two attached hydrogens (primary N) is 1. The average Bonchev–Trinajstić information content (AvgIpc) is 2.30. The Kier molecular flexibility index (Phi) is 7.01. The quantitative estimate of drug-likeness (QED) is 0.267. The summed E-state index contributed by atoms with van der Waals surface area (Å²) in [6.45, 7) is 0.953. The third kappa shape index (κ3) is 6.95. The number of carboxylic acid groups (broad SMARTS) is 1. The van der Waals surface area contributed by atoms with Crippen LogP contribution in [-0.2, 0) is 13.3 Å². The molecule has 0 spiro atoms. The summed E-state index contributed by atoms with van der Waals surface area (Å²) in [7, 11) is 0. The van der Waals surface area contributed by atoms with Crippen LogP contribution in [0.15, 0.2) is 18.2 Å². The minimum atomic E-state index is -4.98. The molecule has 9 nitrogen and oxygen atoms in total. The Labute approximate surface area is 117 Å².